The van der Waals surface area contributed by atoms with Gasteiger partial charge in [0.25, 0.3) is 11.5 Å². The summed E-state index contributed by atoms with van der Waals surface area (Å²) < 4.78 is 21.9. The molecule has 41 heavy (non-hydrogen) atoms. The van der Waals surface area contributed by atoms with Crippen molar-refractivity contribution in [2.75, 3.05) is 6.61 Å². The second-order valence-electron chi connectivity index (χ2n) is 13.9. The highest BCUT2D eigenvalue weighted by atomic mass is 28.4. The van der Waals surface area contributed by atoms with Gasteiger partial charge in [-0.15, -0.1) is 0 Å². The Bertz CT molecular complexity index is 1400. The number of carbonyl (C=O) groups excluding carboxylic acids is 1. The number of hydrogen-bond donors (Lipinski definition) is 0. The molecule has 1 aromatic heterocycles. The molecule has 224 valence electrons. The van der Waals surface area contributed by atoms with Crippen LogP contribution in [-0.2, 0) is 13.6 Å². The van der Waals surface area contributed by atoms with Crippen LogP contribution in [0.15, 0.2) is 52.2 Å². The van der Waals surface area contributed by atoms with Crippen LogP contribution in [0.4, 0.5) is 0 Å². The summed E-state index contributed by atoms with van der Waals surface area (Å²) in [6.45, 7) is 21.7. The lowest BCUT2D eigenvalue weighted by atomic mass is 9.97. The maximum absolute atomic E-state index is 13.7. The first-order chi connectivity index (χ1) is 18.8. The van der Waals surface area contributed by atoms with Crippen molar-refractivity contribution < 1.29 is 18.4 Å². The van der Waals surface area contributed by atoms with E-state index in [1.165, 1.54) is 16.8 Å². The molecule has 4 atom stereocenters. The van der Waals surface area contributed by atoms with Crippen LogP contribution in [0.2, 0.25) is 36.3 Å². The van der Waals surface area contributed by atoms with E-state index in [1.807, 2.05) is 0 Å². The number of benzene rings is 1. The molecule has 0 bridgehead atoms. The van der Waals surface area contributed by atoms with Crippen LogP contribution < -0.4 is 11.2 Å². The van der Waals surface area contributed by atoms with Crippen molar-refractivity contribution in [2.45, 2.75) is 103 Å². The topological polar surface area (TPSA) is 113 Å². The van der Waals surface area contributed by atoms with Crippen LogP contribution in [0.5, 0.6) is 0 Å². The number of carbonyl (C=O) groups is 1. The molecular weight excluding hydrogens is 555 g/mol. The zero-order valence-electron chi connectivity index (χ0n) is 26.1. The average molecular weight is 600 g/mol. The zero-order chi connectivity index (χ0) is 31.0. The minimum atomic E-state index is -2.35. The van der Waals surface area contributed by atoms with E-state index in [-0.39, 0.29) is 28.7 Å². The molecule has 0 saturated carbocycles. The summed E-state index contributed by atoms with van der Waals surface area (Å²) in [7, 11) is -4.52. The van der Waals surface area contributed by atoms with E-state index in [2.05, 4.69) is 73.8 Å². The minimum absolute atomic E-state index is 0.0307. The largest absolute Gasteiger partial charge is 0.414 e. The quantitative estimate of drug-likeness (QED) is 0.366. The summed E-state index contributed by atoms with van der Waals surface area (Å²) in [4.78, 5) is 39.7. The van der Waals surface area contributed by atoms with E-state index in [0.717, 1.165) is 0 Å². The predicted octanol–water partition coefficient (Wildman–Crippen LogP) is 5.54. The molecule has 0 N–H and O–H groups in total. The van der Waals surface area contributed by atoms with E-state index in [1.54, 1.807) is 30.3 Å². The lowest BCUT2D eigenvalue weighted by Crippen LogP contribution is -2.50. The van der Waals surface area contributed by atoms with Gasteiger partial charge in [0.1, 0.15) is 12.3 Å². The van der Waals surface area contributed by atoms with Crippen molar-refractivity contribution in [3.05, 3.63) is 69.0 Å². The Morgan fingerprint density at radius 1 is 0.976 bits per heavy atom. The summed E-state index contributed by atoms with van der Waals surface area (Å²) in [5, 5.41) is 9.71. The van der Waals surface area contributed by atoms with Gasteiger partial charge in [0.15, 0.2) is 16.6 Å². The fourth-order valence-corrected chi connectivity index (χ4v) is 6.67. The number of hydrogen-bond acceptors (Lipinski definition) is 7. The molecule has 3 rings (SSSR count). The Kier molecular flexibility index (Phi) is 9.57. The zero-order valence-corrected chi connectivity index (χ0v) is 28.1. The Labute approximate surface area is 245 Å². The Hall–Kier alpha value is -2.63. The van der Waals surface area contributed by atoms with Gasteiger partial charge in [-0.25, -0.2) is 4.79 Å². The fraction of sp³-hybridized carbons (Fsp3) is 0.600. The molecule has 9 nitrogen and oxygen atoms in total. The molecule has 1 aliphatic rings. The molecular formula is C30H45N3O6Si2. The summed E-state index contributed by atoms with van der Waals surface area (Å²) in [5.74, 6) is -1.26. The SMILES string of the molecule is CC(C)(C)[Si](C)(C)OC[C@H]1O[C@@H](n2ccc(=O)n(C(=O)c3ccccc3)c2=O)[C@H](CC#N)[C@@H]1O[Si](C)(C)C(C)(C)C. The summed E-state index contributed by atoms with van der Waals surface area (Å²) in [5.41, 5.74) is -1.34. The van der Waals surface area contributed by atoms with E-state index < -0.39 is 58.1 Å². The fourth-order valence-electron chi connectivity index (χ4n) is 4.29. The molecule has 2 aromatic rings. The molecule has 0 spiro atoms. The smallest absolute Gasteiger partial charge is 0.340 e. The van der Waals surface area contributed by atoms with Gasteiger partial charge in [0.2, 0.25) is 0 Å². The third-order valence-corrected chi connectivity index (χ3v) is 17.9. The predicted molar refractivity (Wildman–Crippen MR) is 164 cm³/mol. The monoisotopic (exact) mass is 599 g/mol. The summed E-state index contributed by atoms with van der Waals surface area (Å²) in [6.07, 6.45) is -0.616. The maximum Gasteiger partial charge on any atom is 0.340 e. The Balaban J connectivity index is 2.10. The number of nitriles is 1. The van der Waals surface area contributed by atoms with Crippen molar-refractivity contribution >= 4 is 22.5 Å². The molecule has 0 radical (unpaired) electrons. The van der Waals surface area contributed by atoms with E-state index in [0.29, 0.717) is 4.57 Å². The van der Waals surface area contributed by atoms with Crippen molar-refractivity contribution in [3.8, 4) is 6.07 Å². The lowest BCUT2D eigenvalue weighted by molar-refractivity contribution is -0.0443. The highest BCUT2D eigenvalue weighted by molar-refractivity contribution is 6.74. The number of nitrogens with zero attached hydrogens (tertiary/aromatic N) is 3. The van der Waals surface area contributed by atoms with Crippen LogP contribution in [0, 0.1) is 17.2 Å². The van der Waals surface area contributed by atoms with Crippen LogP contribution >= 0.6 is 0 Å². The normalized spacial score (nSPS) is 22.0. The number of aromatic nitrogens is 2. The molecule has 11 heteroatoms. The minimum Gasteiger partial charge on any atom is -0.414 e. The van der Waals surface area contributed by atoms with Crippen molar-refractivity contribution in [2.24, 2.45) is 5.92 Å². The van der Waals surface area contributed by atoms with Crippen LogP contribution in [-0.4, -0.2) is 50.5 Å². The highest BCUT2D eigenvalue weighted by Crippen LogP contribution is 2.45. The summed E-state index contributed by atoms with van der Waals surface area (Å²) >= 11 is 0. The third kappa shape index (κ3) is 6.89. The molecule has 1 saturated heterocycles. The van der Waals surface area contributed by atoms with Crippen LogP contribution in [0.1, 0.15) is 64.5 Å². The molecule has 2 heterocycles. The molecule has 0 amide bonds. The van der Waals surface area contributed by atoms with Gasteiger partial charge >= 0.3 is 5.69 Å². The summed E-state index contributed by atoms with van der Waals surface area (Å²) in [6, 6.07) is 11.6. The highest BCUT2D eigenvalue weighted by Gasteiger charge is 2.52. The Morgan fingerprint density at radius 2 is 1.56 bits per heavy atom. The van der Waals surface area contributed by atoms with Gasteiger partial charge < -0.3 is 13.6 Å². The van der Waals surface area contributed by atoms with Crippen molar-refractivity contribution in [1.29, 1.82) is 5.26 Å². The maximum atomic E-state index is 13.7. The molecule has 1 aliphatic heterocycles. The number of rotatable bonds is 8. The van der Waals surface area contributed by atoms with Crippen molar-refractivity contribution in [1.82, 2.24) is 9.13 Å². The van der Waals surface area contributed by atoms with Crippen LogP contribution in [0.25, 0.3) is 0 Å². The van der Waals surface area contributed by atoms with Gasteiger partial charge in [-0.3, -0.25) is 14.2 Å². The Morgan fingerprint density at radius 3 is 2.10 bits per heavy atom. The van der Waals surface area contributed by atoms with Gasteiger partial charge in [0, 0.05) is 30.2 Å². The standard InChI is InChI=1S/C30H45N3O6Si2/c1-29(2,3)40(7,8)37-20-23-25(39-41(9,10)30(4,5)6)22(16-18-31)27(38-23)32-19-17-24(34)33(28(32)36)26(35)21-14-12-11-13-15-21/h11-15,17,19,22-23,25,27H,16,20H2,1-10H3/t22-,23-,25+,27-/m1/s1. The van der Waals surface area contributed by atoms with E-state index >= 15 is 0 Å². The van der Waals surface area contributed by atoms with Gasteiger partial charge in [-0.05, 0) is 48.4 Å². The van der Waals surface area contributed by atoms with Crippen LogP contribution in [0.3, 0.4) is 0 Å². The lowest BCUT2D eigenvalue weighted by Gasteiger charge is -2.41. The molecule has 1 fully saturated rings. The molecule has 1 aromatic carbocycles. The van der Waals surface area contributed by atoms with Gasteiger partial charge in [-0.2, -0.15) is 9.83 Å². The van der Waals surface area contributed by atoms with Gasteiger partial charge in [-0.1, -0.05) is 59.7 Å². The van der Waals surface area contributed by atoms with E-state index in [9.17, 15) is 19.6 Å². The van der Waals surface area contributed by atoms with E-state index in [4.69, 9.17) is 13.6 Å². The molecule has 0 unspecified atom stereocenters. The van der Waals surface area contributed by atoms with Gasteiger partial charge in [0.05, 0.1) is 18.8 Å². The first-order valence-electron chi connectivity index (χ1n) is 14.1. The third-order valence-electron chi connectivity index (χ3n) is 8.96. The first-order valence-corrected chi connectivity index (χ1v) is 19.9. The first kappa shape index (κ1) is 32.9. The van der Waals surface area contributed by atoms with Crippen molar-refractivity contribution in [3.63, 3.8) is 0 Å². The number of ether oxygens (including phenoxy) is 1. The second-order valence-corrected chi connectivity index (χ2v) is 23.4. The second kappa shape index (κ2) is 11.9. The average Bonchev–Trinajstić information content (AvgIpc) is 3.18. The molecule has 0 aliphatic carbocycles.